The summed E-state index contributed by atoms with van der Waals surface area (Å²) in [5.74, 6) is 0.517. The average Bonchev–Trinajstić information content (AvgIpc) is 3.66. The van der Waals surface area contributed by atoms with Crippen molar-refractivity contribution >= 4 is 34.5 Å². The van der Waals surface area contributed by atoms with Crippen LogP contribution in [0.2, 0.25) is 0 Å². The highest BCUT2D eigenvalue weighted by Crippen LogP contribution is 2.46. The standard InChI is InChI=1S/C31H35N7O3/c1-5-18-7-6-8-22(13-18)35-29(39)21-11-9-20(10-12-21)26-25-27(32)33-17-34-28(25)38(36-26)24-15-19-14-23(24)37(16-19)30(40)41-31(2,3)4/h6-13,17,19,23-24H,5,14-16H2,1-4H3,(H,35,39)(H2,32,33,34). The largest absolute Gasteiger partial charge is 0.444 e. The molecule has 0 radical (unpaired) electrons. The third-order valence-electron chi connectivity index (χ3n) is 7.92. The minimum Gasteiger partial charge on any atom is -0.444 e. The summed E-state index contributed by atoms with van der Waals surface area (Å²) in [6.45, 7) is 8.40. The zero-order chi connectivity index (χ0) is 28.9. The molecule has 0 spiro atoms. The number of fused-ring (bicyclic) bond motifs is 3. The Balaban J connectivity index is 1.29. The number of aromatic nitrogens is 4. The van der Waals surface area contributed by atoms with E-state index in [-0.39, 0.29) is 24.1 Å². The first-order chi connectivity index (χ1) is 19.6. The lowest BCUT2D eigenvalue weighted by Gasteiger charge is -2.34. The van der Waals surface area contributed by atoms with Gasteiger partial charge in [-0.1, -0.05) is 31.2 Å². The molecule has 2 fully saturated rings. The van der Waals surface area contributed by atoms with Crippen molar-refractivity contribution in [3.8, 4) is 11.3 Å². The fourth-order valence-corrected chi connectivity index (χ4v) is 6.06. The molecular formula is C31H35N7O3. The number of carbonyl (C=O) groups excluding carboxylic acids is 2. The molecule has 1 saturated heterocycles. The molecular weight excluding hydrogens is 518 g/mol. The van der Waals surface area contributed by atoms with Gasteiger partial charge in [0.05, 0.1) is 17.5 Å². The Kier molecular flexibility index (Phi) is 6.63. The van der Waals surface area contributed by atoms with Gasteiger partial charge >= 0.3 is 6.09 Å². The Labute approximate surface area is 238 Å². The van der Waals surface area contributed by atoms with E-state index in [0.29, 0.717) is 40.6 Å². The summed E-state index contributed by atoms with van der Waals surface area (Å²) in [5.41, 5.74) is 10.3. The number of piperidine rings is 1. The smallest absolute Gasteiger partial charge is 0.410 e. The Morgan fingerprint density at radius 3 is 2.54 bits per heavy atom. The van der Waals surface area contributed by atoms with E-state index < -0.39 is 5.60 Å². The van der Waals surface area contributed by atoms with Crippen LogP contribution in [0.5, 0.6) is 0 Å². The lowest BCUT2D eigenvalue weighted by Crippen LogP contribution is -2.45. The molecule has 6 rings (SSSR count). The molecule has 2 bridgehead atoms. The van der Waals surface area contributed by atoms with E-state index in [4.69, 9.17) is 15.6 Å². The molecule has 2 aromatic heterocycles. The molecule has 1 aliphatic carbocycles. The molecule has 3 N–H and O–H groups in total. The molecule has 10 heteroatoms. The van der Waals surface area contributed by atoms with Gasteiger partial charge in [-0.25, -0.2) is 19.4 Å². The topological polar surface area (TPSA) is 128 Å². The van der Waals surface area contributed by atoms with Gasteiger partial charge in [-0.05, 0) is 75.8 Å². The van der Waals surface area contributed by atoms with Gasteiger partial charge in [0.2, 0.25) is 0 Å². The summed E-state index contributed by atoms with van der Waals surface area (Å²) >= 11 is 0. The van der Waals surface area contributed by atoms with Crippen molar-refractivity contribution in [2.24, 2.45) is 5.92 Å². The minimum atomic E-state index is -0.565. The number of rotatable bonds is 5. The fraction of sp³-hybridized carbons (Fsp3) is 0.387. The Morgan fingerprint density at radius 2 is 1.83 bits per heavy atom. The number of hydrogen-bond acceptors (Lipinski definition) is 7. The number of likely N-dealkylation sites (tertiary alicyclic amines) is 1. The van der Waals surface area contributed by atoms with Crippen molar-refractivity contribution in [2.45, 2.75) is 64.6 Å². The zero-order valence-corrected chi connectivity index (χ0v) is 23.8. The summed E-state index contributed by atoms with van der Waals surface area (Å²) in [4.78, 5) is 36.6. The highest BCUT2D eigenvalue weighted by atomic mass is 16.6. The average molecular weight is 554 g/mol. The number of nitrogens with one attached hydrogen (secondary N) is 1. The van der Waals surface area contributed by atoms with E-state index in [9.17, 15) is 9.59 Å². The lowest BCUT2D eigenvalue weighted by atomic mass is 10.1. The maximum absolute atomic E-state index is 13.0. The first-order valence-corrected chi connectivity index (χ1v) is 14.1. The van der Waals surface area contributed by atoms with Crippen LogP contribution in [0, 0.1) is 5.92 Å². The highest BCUT2D eigenvalue weighted by molar-refractivity contribution is 6.05. The first kappa shape index (κ1) is 26.7. The molecule has 4 aromatic rings. The maximum atomic E-state index is 13.0. The molecule has 2 aromatic carbocycles. The molecule has 2 amide bonds. The second kappa shape index (κ2) is 10.2. The number of nitrogens with two attached hydrogens (primary N) is 1. The Morgan fingerprint density at radius 1 is 1.07 bits per heavy atom. The third-order valence-corrected chi connectivity index (χ3v) is 7.92. The van der Waals surface area contributed by atoms with Crippen LogP contribution in [0.3, 0.4) is 0 Å². The Bertz CT molecular complexity index is 1620. The molecule has 10 nitrogen and oxygen atoms in total. The normalized spacial score (nSPS) is 20.0. The number of amides is 2. The zero-order valence-electron chi connectivity index (χ0n) is 23.8. The number of nitrogen functional groups attached to an aromatic ring is 1. The van der Waals surface area contributed by atoms with Crippen LogP contribution in [-0.2, 0) is 11.2 Å². The monoisotopic (exact) mass is 553 g/mol. The molecule has 2 aliphatic rings. The number of aryl methyl sites for hydroxylation is 1. The third kappa shape index (κ3) is 5.10. The SMILES string of the molecule is CCc1cccc(NC(=O)c2ccc(-c3nn(C4CC5CC4N(C(=O)OC(C)(C)C)C5)c4ncnc(N)c34)cc2)c1. The van der Waals surface area contributed by atoms with Gasteiger partial charge in [0.1, 0.15) is 23.4 Å². The minimum absolute atomic E-state index is 0.0423. The van der Waals surface area contributed by atoms with E-state index in [1.165, 1.54) is 6.33 Å². The molecule has 212 valence electrons. The summed E-state index contributed by atoms with van der Waals surface area (Å²) in [5, 5.41) is 8.64. The summed E-state index contributed by atoms with van der Waals surface area (Å²) in [6.07, 6.45) is 3.83. The summed E-state index contributed by atoms with van der Waals surface area (Å²) in [6, 6.07) is 15.0. The second-order valence-corrected chi connectivity index (χ2v) is 11.9. The van der Waals surface area contributed by atoms with Crippen molar-refractivity contribution in [1.82, 2.24) is 24.6 Å². The van der Waals surface area contributed by atoms with Crippen LogP contribution in [0.1, 0.15) is 62.5 Å². The van der Waals surface area contributed by atoms with Crippen LogP contribution in [-0.4, -0.2) is 54.8 Å². The number of hydrogen-bond donors (Lipinski definition) is 2. The molecule has 1 saturated carbocycles. The van der Waals surface area contributed by atoms with Crippen LogP contribution in [0.25, 0.3) is 22.3 Å². The van der Waals surface area contributed by atoms with Gasteiger partial charge in [0.15, 0.2) is 5.65 Å². The van der Waals surface area contributed by atoms with Gasteiger partial charge < -0.3 is 20.7 Å². The van der Waals surface area contributed by atoms with Crippen molar-refractivity contribution in [2.75, 3.05) is 17.6 Å². The van der Waals surface area contributed by atoms with Crippen molar-refractivity contribution in [3.05, 3.63) is 66.0 Å². The summed E-state index contributed by atoms with van der Waals surface area (Å²) in [7, 11) is 0. The molecule has 41 heavy (non-hydrogen) atoms. The van der Waals surface area contributed by atoms with Gasteiger partial charge in [-0.3, -0.25) is 4.79 Å². The van der Waals surface area contributed by atoms with Gasteiger partial charge in [-0.2, -0.15) is 5.10 Å². The van der Waals surface area contributed by atoms with Crippen LogP contribution < -0.4 is 11.1 Å². The summed E-state index contributed by atoms with van der Waals surface area (Å²) < 4.78 is 7.61. The van der Waals surface area contributed by atoms with E-state index in [1.54, 1.807) is 12.1 Å². The number of nitrogens with zero attached hydrogens (tertiary/aromatic N) is 5. The molecule has 3 unspecified atom stereocenters. The van der Waals surface area contributed by atoms with Crippen LogP contribution >= 0.6 is 0 Å². The van der Waals surface area contributed by atoms with Crippen LogP contribution in [0.4, 0.5) is 16.3 Å². The number of carbonyl (C=O) groups is 2. The van der Waals surface area contributed by atoms with Crippen molar-refractivity contribution < 1.29 is 14.3 Å². The van der Waals surface area contributed by atoms with E-state index in [1.807, 2.05) is 66.8 Å². The molecule has 3 atom stereocenters. The molecule has 3 heterocycles. The molecule has 1 aliphatic heterocycles. The Hall–Kier alpha value is -4.47. The van der Waals surface area contributed by atoms with Crippen LogP contribution in [0.15, 0.2) is 54.9 Å². The van der Waals surface area contributed by atoms with Gasteiger partial charge in [0, 0.05) is 23.4 Å². The van der Waals surface area contributed by atoms with E-state index >= 15 is 0 Å². The predicted molar refractivity (Wildman–Crippen MR) is 157 cm³/mol. The van der Waals surface area contributed by atoms with E-state index in [2.05, 4.69) is 22.2 Å². The fourth-order valence-electron chi connectivity index (χ4n) is 6.06. The van der Waals surface area contributed by atoms with Crippen molar-refractivity contribution in [3.63, 3.8) is 0 Å². The first-order valence-electron chi connectivity index (χ1n) is 14.1. The van der Waals surface area contributed by atoms with E-state index in [0.717, 1.165) is 36.1 Å². The number of ether oxygens (including phenoxy) is 1. The maximum Gasteiger partial charge on any atom is 0.410 e. The van der Waals surface area contributed by atoms with Gasteiger partial charge in [-0.15, -0.1) is 0 Å². The highest BCUT2D eigenvalue weighted by Gasteiger charge is 2.49. The van der Waals surface area contributed by atoms with Gasteiger partial charge in [0.25, 0.3) is 5.91 Å². The second-order valence-electron chi connectivity index (χ2n) is 11.9. The quantitative estimate of drug-likeness (QED) is 0.336. The number of anilines is 2. The lowest BCUT2D eigenvalue weighted by molar-refractivity contribution is 0.0135. The number of benzene rings is 2. The predicted octanol–water partition coefficient (Wildman–Crippen LogP) is 5.46. The van der Waals surface area contributed by atoms with Crippen molar-refractivity contribution in [1.29, 1.82) is 0 Å².